The fourth-order valence-electron chi connectivity index (χ4n) is 4.29. The zero-order valence-corrected chi connectivity index (χ0v) is 21.1. The van der Waals surface area contributed by atoms with Crippen LogP contribution < -0.4 is 15.4 Å². The minimum absolute atomic E-state index is 0.0434. The summed E-state index contributed by atoms with van der Waals surface area (Å²) in [5.41, 5.74) is 2.70. The highest BCUT2D eigenvalue weighted by molar-refractivity contribution is 6.30. The highest BCUT2D eigenvalue weighted by Gasteiger charge is 2.40. The molecule has 7 heteroatoms. The second kappa shape index (κ2) is 9.80. The number of anilines is 1. The fourth-order valence-corrected chi connectivity index (χ4v) is 4.42. The third kappa shape index (κ3) is 5.62. The van der Waals surface area contributed by atoms with E-state index in [2.05, 4.69) is 37.5 Å². The van der Waals surface area contributed by atoms with Gasteiger partial charge in [-0.25, -0.2) is 0 Å². The molecule has 1 saturated heterocycles. The molecule has 0 aliphatic carbocycles. The minimum Gasteiger partial charge on any atom is -0.491 e. The Hall–Kier alpha value is -2.83. The molecule has 6 nitrogen and oxygen atoms in total. The van der Waals surface area contributed by atoms with Gasteiger partial charge in [0.1, 0.15) is 5.75 Å². The van der Waals surface area contributed by atoms with Gasteiger partial charge in [0.05, 0.1) is 23.4 Å². The monoisotopic (exact) mass is 480 g/mol. The third-order valence-electron chi connectivity index (χ3n) is 5.99. The van der Waals surface area contributed by atoms with Gasteiger partial charge in [0.15, 0.2) is 0 Å². The van der Waals surface area contributed by atoms with E-state index in [0.29, 0.717) is 11.4 Å². The van der Waals surface area contributed by atoms with Crippen LogP contribution >= 0.6 is 11.6 Å². The number of benzene rings is 2. The lowest BCUT2D eigenvalue weighted by molar-refractivity contribution is -0.117. The van der Waals surface area contributed by atoms with Gasteiger partial charge in [0.2, 0.25) is 5.91 Å². The van der Waals surface area contributed by atoms with Gasteiger partial charge >= 0.3 is 0 Å². The van der Waals surface area contributed by atoms with Crippen molar-refractivity contribution in [2.75, 3.05) is 5.32 Å². The Labute approximate surface area is 206 Å². The summed E-state index contributed by atoms with van der Waals surface area (Å²) in [6.07, 6.45) is 2.77. The molecule has 1 aliphatic heterocycles. The zero-order valence-electron chi connectivity index (χ0n) is 20.4. The van der Waals surface area contributed by atoms with Gasteiger partial charge in [-0.15, -0.1) is 0 Å². The number of carbonyl (C=O) groups excluding carboxylic acids is 1. The van der Waals surface area contributed by atoms with E-state index in [4.69, 9.17) is 21.4 Å². The summed E-state index contributed by atoms with van der Waals surface area (Å²) in [7, 11) is 0. The van der Waals surface area contributed by atoms with Crippen LogP contribution in [0.3, 0.4) is 0 Å². The summed E-state index contributed by atoms with van der Waals surface area (Å²) in [5, 5.41) is 12.2. The van der Waals surface area contributed by atoms with Gasteiger partial charge in [-0.1, -0.05) is 23.7 Å². The van der Waals surface area contributed by atoms with E-state index in [9.17, 15) is 4.79 Å². The summed E-state index contributed by atoms with van der Waals surface area (Å²) in [6, 6.07) is 16.9. The molecule has 4 rings (SSSR count). The Morgan fingerprint density at radius 2 is 1.79 bits per heavy atom. The Balaban J connectivity index is 1.54. The molecule has 0 bridgehead atoms. The average Bonchev–Trinajstić information content (AvgIpc) is 3.43. The van der Waals surface area contributed by atoms with Gasteiger partial charge in [-0.3, -0.25) is 14.8 Å². The van der Waals surface area contributed by atoms with Crippen LogP contribution in [0.4, 0.5) is 5.69 Å². The normalized spacial score (nSPS) is 20.5. The Morgan fingerprint density at radius 1 is 1.12 bits per heavy atom. The van der Waals surface area contributed by atoms with Gasteiger partial charge in [0.25, 0.3) is 0 Å². The molecule has 2 heterocycles. The third-order valence-corrected chi connectivity index (χ3v) is 6.24. The highest BCUT2D eigenvalue weighted by atomic mass is 35.5. The summed E-state index contributed by atoms with van der Waals surface area (Å²) in [5.74, 6) is 0.779. The molecule has 34 heavy (non-hydrogen) atoms. The van der Waals surface area contributed by atoms with Crippen LogP contribution in [0.2, 0.25) is 5.02 Å². The number of nitrogens with one attached hydrogen (secondary N) is 2. The average molecular weight is 481 g/mol. The van der Waals surface area contributed by atoms with Crippen molar-refractivity contribution >= 4 is 23.2 Å². The first-order valence-corrected chi connectivity index (χ1v) is 12.1. The molecule has 3 aromatic rings. The smallest absolute Gasteiger partial charge is 0.241 e. The SMILES string of the molecule is CC(C)Oc1ccc(NC(=O)[C@@H]2C[C@@H](c3ccn(C(C)(C)C)n3)[C@H](c3ccc(Cl)cc3)N2)cc1. The first kappa shape index (κ1) is 24.3. The molecule has 1 aliphatic rings. The van der Waals surface area contributed by atoms with Crippen LogP contribution in [0, 0.1) is 0 Å². The quantitative estimate of drug-likeness (QED) is 0.460. The van der Waals surface area contributed by atoms with Crippen LogP contribution in [0.25, 0.3) is 0 Å². The fraction of sp³-hybridized carbons (Fsp3) is 0.407. The van der Waals surface area contributed by atoms with E-state index in [1.54, 1.807) is 0 Å². The van der Waals surface area contributed by atoms with Gasteiger partial charge in [0, 0.05) is 28.9 Å². The first-order valence-electron chi connectivity index (χ1n) is 11.8. The van der Waals surface area contributed by atoms with Crippen LogP contribution in [-0.2, 0) is 10.3 Å². The molecule has 2 aromatic carbocycles. The maximum absolute atomic E-state index is 13.2. The molecule has 3 atom stereocenters. The predicted molar refractivity (Wildman–Crippen MR) is 137 cm³/mol. The number of rotatable bonds is 6. The minimum atomic E-state index is -0.350. The predicted octanol–water partition coefficient (Wildman–Crippen LogP) is 5.90. The molecular weight excluding hydrogens is 448 g/mol. The number of carbonyl (C=O) groups is 1. The number of nitrogens with zero attached hydrogens (tertiary/aromatic N) is 2. The van der Waals surface area contributed by atoms with Crippen molar-refractivity contribution in [3.05, 3.63) is 77.1 Å². The van der Waals surface area contributed by atoms with Crippen LogP contribution in [0.15, 0.2) is 60.8 Å². The molecule has 0 spiro atoms. The number of ether oxygens (including phenoxy) is 1. The largest absolute Gasteiger partial charge is 0.491 e. The van der Waals surface area contributed by atoms with E-state index in [0.717, 1.165) is 22.7 Å². The second-order valence-electron chi connectivity index (χ2n) is 10.1. The van der Waals surface area contributed by atoms with Crippen LogP contribution in [0.5, 0.6) is 5.75 Å². The number of aromatic nitrogens is 2. The molecule has 180 valence electrons. The van der Waals surface area contributed by atoms with Gasteiger partial charge in [-0.2, -0.15) is 5.10 Å². The Morgan fingerprint density at radius 3 is 2.38 bits per heavy atom. The van der Waals surface area contributed by atoms with Crippen molar-refractivity contribution in [2.45, 2.75) is 70.7 Å². The van der Waals surface area contributed by atoms with E-state index in [1.165, 1.54) is 0 Å². The highest BCUT2D eigenvalue weighted by Crippen LogP contribution is 2.40. The number of hydrogen-bond donors (Lipinski definition) is 2. The van der Waals surface area contributed by atoms with Crippen molar-refractivity contribution in [1.82, 2.24) is 15.1 Å². The summed E-state index contributed by atoms with van der Waals surface area (Å²) in [4.78, 5) is 13.2. The van der Waals surface area contributed by atoms with Gasteiger partial charge in [-0.05, 0) is 89.1 Å². The van der Waals surface area contributed by atoms with Crippen molar-refractivity contribution in [3.8, 4) is 5.75 Å². The summed E-state index contributed by atoms with van der Waals surface area (Å²) >= 11 is 6.12. The Kier molecular flexibility index (Phi) is 7.01. The molecular formula is C27H33ClN4O2. The lowest BCUT2D eigenvalue weighted by atomic mass is 9.90. The molecule has 2 N–H and O–H groups in total. The van der Waals surface area contributed by atoms with E-state index >= 15 is 0 Å². The Bertz CT molecular complexity index is 1120. The number of amides is 1. The van der Waals surface area contributed by atoms with E-state index in [-0.39, 0.29) is 35.6 Å². The maximum atomic E-state index is 13.2. The first-order chi connectivity index (χ1) is 16.1. The van der Waals surface area contributed by atoms with Gasteiger partial charge < -0.3 is 10.1 Å². The number of hydrogen-bond acceptors (Lipinski definition) is 4. The summed E-state index contributed by atoms with van der Waals surface area (Å²) < 4.78 is 7.67. The van der Waals surface area contributed by atoms with Crippen LogP contribution in [0.1, 0.15) is 64.3 Å². The molecule has 0 unspecified atom stereocenters. The number of halogens is 1. The lowest BCUT2D eigenvalue weighted by Crippen LogP contribution is -2.36. The molecule has 1 amide bonds. The lowest BCUT2D eigenvalue weighted by Gasteiger charge is -2.21. The topological polar surface area (TPSA) is 68.2 Å². The second-order valence-corrected chi connectivity index (χ2v) is 10.6. The summed E-state index contributed by atoms with van der Waals surface area (Å²) in [6.45, 7) is 10.3. The molecule has 1 aromatic heterocycles. The molecule has 0 radical (unpaired) electrons. The van der Waals surface area contributed by atoms with Crippen molar-refractivity contribution in [1.29, 1.82) is 0 Å². The van der Waals surface area contributed by atoms with E-state index in [1.807, 2.05) is 73.3 Å². The van der Waals surface area contributed by atoms with Crippen LogP contribution in [-0.4, -0.2) is 27.8 Å². The van der Waals surface area contributed by atoms with E-state index < -0.39 is 0 Å². The van der Waals surface area contributed by atoms with Crippen molar-refractivity contribution < 1.29 is 9.53 Å². The maximum Gasteiger partial charge on any atom is 0.241 e. The molecule has 1 fully saturated rings. The standard InChI is InChI=1S/C27H33ClN4O2/c1-17(2)34-21-12-10-20(11-13-21)29-26(33)24-16-22(23-14-15-32(31-23)27(3,4)5)25(30-24)18-6-8-19(28)9-7-18/h6-15,17,22,24-25,30H,16H2,1-5H3,(H,29,33)/t22-,24-,25-/m0/s1. The zero-order chi connectivity index (χ0) is 24.5. The molecule has 0 saturated carbocycles. The van der Waals surface area contributed by atoms with Crippen molar-refractivity contribution in [3.63, 3.8) is 0 Å². The van der Waals surface area contributed by atoms with Crippen molar-refractivity contribution in [2.24, 2.45) is 0 Å².